The number of rotatable bonds is 6. The molecule has 0 unspecified atom stereocenters. The second-order valence-corrected chi connectivity index (χ2v) is 5.78. The molecule has 1 saturated carbocycles. The molecule has 1 fully saturated rings. The molecular weight excluding hydrogens is 283 g/mol. The van der Waals surface area contributed by atoms with Gasteiger partial charge in [0.15, 0.2) is 5.76 Å². The van der Waals surface area contributed by atoms with Crippen LogP contribution in [0.3, 0.4) is 0 Å². The monoisotopic (exact) mass is 302 g/mol. The Bertz CT molecular complexity index is 677. The van der Waals surface area contributed by atoms with Crippen LogP contribution in [0.1, 0.15) is 43.2 Å². The van der Waals surface area contributed by atoms with Crippen molar-refractivity contribution >= 4 is 5.91 Å². The summed E-state index contributed by atoms with van der Waals surface area (Å²) < 4.78 is 19.1. The molecule has 2 aromatic rings. The van der Waals surface area contributed by atoms with E-state index in [1.54, 1.807) is 18.2 Å². The van der Waals surface area contributed by atoms with Crippen molar-refractivity contribution in [2.45, 2.75) is 44.6 Å². The molecule has 5 heteroatoms. The highest BCUT2D eigenvalue weighted by atomic mass is 19.1. The SMILES string of the molecule is CCCc1cc(CNC(=O)C2(c3ccccc3F)CC2)on1. The summed E-state index contributed by atoms with van der Waals surface area (Å²) in [6.07, 6.45) is 3.21. The van der Waals surface area contributed by atoms with Gasteiger partial charge in [0.25, 0.3) is 0 Å². The minimum Gasteiger partial charge on any atom is -0.359 e. The van der Waals surface area contributed by atoms with Gasteiger partial charge in [-0.15, -0.1) is 0 Å². The smallest absolute Gasteiger partial charge is 0.231 e. The van der Waals surface area contributed by atoms with Crippen molar-refractivity contribution in [1.29, 1.82) is 0 Å². The predicted molar refractivity (Wildman–Crippen MR) is 79.7 cm³/mol. The van der Waals surface area contributed by atoms with Gasteiger partial charge in [-0.05, 0) is 25.3 Å². The normalized spacial score (nSPS) is 15.5. The van der Waals surface area contributed by atoms with Gasteiger partial charge in [-0.25, -0.2) is 4.39 Å². The van der Waals surface area contributed by atoms with Crippen LogP contribution in [-0.2, 0) is 23.2 Å². The third-order valence-corrected chi connectivity index (χ3v) is 4.11. The fourth-order valence-electron chi connectivity index (χ4n) is 2.74. The highest BCUT2D eigenvalue weighted by molar-refractivity contribution is 5.91. The van der Waals surface area contributed by atoms with Crippen LogP contribution in [0.25, 0.3) is 0 Å². The van der Waals surface area contributed by atoms with E-state index in [1.807, 2.05) is 6.07 Å². The molecule has 3 rings (SSSR count). The number of amides is 1. The molecule has 1 aromatic carbocycles. The van der Waals surface area contributed by atoms with E-state index in [0.29, 0.717) is 24.2 Å². The fourth-order valence-corrected chi connectivity index (χ4v) is 2.74. The number of carbonyl (C=O) groups is 1. The number of nitrogens with zero attached hydrogens (tertiary/aromatic N) is 1. The van der Waals surface area contributed by atoms with Crippen molar-refractivity contribution in [2.75, 3.05) is 0 Å². The molecule has 1 aromatic heterocycles. The van der Waals surface area contributed by atoms with Crippen molar-refractivity contribution in [3.8, 4) is 0 Å². The number of aromatic nitrogens is 1. The zero-order chi connectivity index (χ0) is 15.6. The third kappa shape index (κ3) is 2.75. The van der Waals surface area contributed by atoms with E-state index in [2.05, 4.69) is 17.4 Å². The molecule has 0 radical (unpaired) electrons. The standard InChI is InChI=1S/C17H19FN2O2/c1-2-5-12-10-13(22-20-12)11-19-16(21)17(8-9-17)14-6-3-4-7-15(14)18/h3-4,6-7,10H,2,5,8-9,11H2,1H3,(H,19,21). The molecule has 0 bridgehead atoms. The number of hydrogen-bond donors (Lipinski definition) is 1. The second-order valence-electron chi connectivity index (χ2n) is 5.78. The van der Waals surface area contributed by atoms with Gasteiger partial charge < -0.3 is 9.84 Å². The highest BCUT2D eigenvalue weighted by Crippen LogP contribution is 2.49. The lowest BCUT2D eigenvalue weighted by Crippen LogP contribution is -2.34. The number of aryl methyl sites for hydroxylation is 1. The summed E-state index contributed by atoms with van der Waals surface area (Å²) in [6.45, 7) is 2.35. The molecular formula is C17H19FN2O2. The lowest BCUT2D eigenvalue weighted by Gasteiger charge is -2.15. The van der Waals surface area contributed by atoms with Crippen LogP contribution in [0.4, 0.5) is 4.39 Å². The van der Waals surface area contributed by atoms with E-state index in [1.165, 1.54) is 6.07 Å². The average molecular weight is 302 g/mol. The van der Waals surface area contributed by atoms with Crippen LogP contribution in [-0.4, -0.2) is 11.1 Å². The molecule has 0 aliphatic heterocycles. The van der Waals surface area contributed by atoms with E-state index in [0.717, 1.165) is 18.5 Å². The van der Waals surface area contributed by atoms with Gasteiger partial charge in [0, 0.05) is 11.6 Å². The van der Waals surface area contributed by atoms with E-state index < -0.39 is 5.41 Å². The van der Waals surface area contributed by atoms with Crippen molar-refractivity contribution in [1.82, 2.24) is 10.5 Å². The summed E-state index contributed by atoms with van der Waals surface area (Å²) in [4.78, 5) is 12.4. The summed E-state index contributed by atoms with van der Waals surface area (Å²) in [7, 11) is 0. The van der Waals surface area contributed by atoms with Crippen molar-refractivity contribution in [2.24, 2.45) is 0 Å². The van der Waals surface area contributed by atoms with Crippen LogP contribution in [0.5, 0.6) is 0 Å². The van der Waals surface area contributed by atoms with Crippen LogP contribution < -0.4 is 5.32 Å². The van der Waals surface area contributed by atoms with Crippen molar-refractivity contribution in [3.05, 3.63) is 53.2 Å². The Labute approximate surface area is 128 Å². The number of hydrogen-bond acceptors (Lipinski definition) is 3. The van der Waals surface area contributed by atoms with Crippen molar-refractivity contribution in [3.63, 3.8) is 0 Å². The Morgan fingerprint density at radius 3 is 2.86 bits per heavy atom. The molecule has 1 heterocycles. The van der Waals surface area contributed by atoms with E-state index >= 15 is 0 Å². The zero-order valence-electron chi connectivity index (χ0n) is 12.6. The Morgan fingerprint density at radius 1 is 1.41 bits per heavy atom. The van der Waals surface area contributed by atoms with Gasteiger partial charge in [-0.3, -0.25) is 4.79 Å². The quantitative estimate of drug-likeness (QED) is 0.892. The van der Waals surface area contributed by atoms with Gasteiger partial charge in [-0.1, -0.05) is 36.7 Å². The van der Waals surface area contributed by atoms with Crippen molar-refractivity contribution < 1.29 is 13.7 Å². The largest absolute Gasteiger partial charge is 0.359 e. The Kier molecular flexibility index (Phi) is 3.96. The summed E-state index contributed by atoms with van der Waals surface area (Å²) in [5.74, 6) is 0.159. The molecule has 1 aliphatic carbocycles. The minimum absolute atomic E-state index is 0.147. The number of benzene rings is 1. The lowest BCUT2D eigenvalue weighted by atomic mass is 9.94. The number of carbonyl (C=O) groups excluding carboxylic acids is 1. The highest BCUT2D eigenvalue weighted by Gasteiger charge is 2.52. The first kappa shape index (κ1) is 14.8. The molecule has 1 amide bonds. The van der Waals surface area contributed by atoms with Gasteiger partial charge in [-0.2, -0.15) is 0 Å². The average Bonchev–Trinajstić information content (AvgIpc) is 3.20. The summed E-state index contributed by atoms with van der Waals surface area (Å²) in [5, 5.41) is 6.79. The number of nitrogens with one attached hydrogen (secondary N) is 1. The van der Waals surface area contributed by atoms with E-state index in [9.17, 15) is 9.18 Å². The fraction of sp³-hybridized carbons (Fsp3) is 0.412. The molecule has 0 saturated heterocycles. The maximum atomic E-state index is 13.9. The summed E-state index contributed by atoms with van der Waals surface area (Å²) >= 11 is 0. The maximum Gasteiger partial charge on any atom is 0.231 e. The molecule has 1 aliphatic rings. The molecule has 1 N–H and O–H groups in total. The molecule has 22 heavy (non-hydrogen) atoms. The molecule has 0 atom stereocenters. The lowest BCUT2D eigenvalue weighted by molar-refractivity contribution is -0.123. The van der Waals surface area contributed by atoms with Crippen LogP contribution >= 0.6 is 0 Å². The molecule has 116 valence electrons. The number of halogens is 1. The predicted octanol–water partition coefficient (Wildman–Crippen LogP) is 3.11. The Hall–Kier alpha value is -2.17. The maximum absolute atomic E-state index is 13.9. The first-order valence-electron chi connectivity index (χ1n) is 7.63. The van der Waals surface area contributed by atoms with Crippen LogP contribution in [0.2, 0.25) is 0 Å². The van der Waals surface area contributed by atoms with E-state index in [4.69, 9.17) is 4.52 Å². The second kappa shape index (κ2) is 5.91. The zero-order valence-corrected chi connectivity index (χ0v) is 12.6. The van der Waals surface area contributed by atoms with E-state index in [-0.39, 0.29) is 18.3 Å². The summed E-state index contributed by atoms with van der Waals surface area (Å²) in [6, 6.07) is 8.34. The first-order chi connectivity index (χ1) is 10.7. The summed E-state index contributed by atoms with van der Waals surface area (Å²) in [5.41, 5.74) is 0.663. The third-order valence-electron chi connectivity index (χ3n) is 4.11. The van der Waals surface area contributed by atoms with Crippen LogP contribution in [0.15, 0.2) is 34.9 Å². The minimum atomic E-state index is -0.711. The van der Waals surface area contributed by atoms with Gasteiger partial charge in [0.1, 0.15) is 5.82 Å². The topological polar surface area (TPSA) is 55.1 Å². The van der Waals surface area contributed by atoms with Gasteiger partial charge in [0.05, 0.1) is 17.7 Å². The van der Waals surface area contributed by atoms with Crippen LogP contribution in [0, 0.1) is 5.82 Å². The Morgan fingerprint density at radius 2 is 2.18 bits per heavy atom. The van der Waals surface area contributed by atoms with Gasteiger partial charge >= 0.3 is 0 Å². The van der Waals surface area contributed by atoms with Gasteiger partial charge in [0.2, 0.25) is 5.91 Å². The Balaban J connectivity index is 1.65. The molecule has 4 nitrogen and oxygen atoms in total. The molecule has 0 spiro atoms. The first-order valence-corrected chi connectivity index (χ1v) is 7.63.